The molecule has 0 atom stereocenters. The van der Waals surface area contributed by atoms with Gasteiger partial charge in [0.1, 0.15) is 6.61 Å². The van der Waals surface area contributed by atoms with Crippen LogP contribution < -0.4 is 11.1 Å². The maximum Gasteiger partial charge on any atom is 0.407 e. The van der Waals surface area contributed by atoms with E-state index in [2.05, 4.69) is 5.32 Å². The van der Waals surface area contributed by atoms with Crippen LogP contribution in [0.25, 0.3) is 0 Å². The van der Waals surface area contributed by atoms with Crippen LogP contribution in [0.4, 0.5) is 4.79 Å². The molecule has 0 unspecified atom stereocenters. The summed E-state index contributed by atoms with van der Waals surface area (Å²) in [4.78, 5) is 11.2. The van der Waals surface area contributed by atoms with Gasteiger partial charge in [-0.25, -0.2) is 4.79 Å². The van der Waals surface area contributed by atoms with Crippen molar-refractivity contribution in [2.24, 2.45) is 5.73 Å². The normalized spacial score (nSPS) is 11.2. The molecule has 0 aromatic carbocycles. The fourth-order valence-electron chi connectivity index (χ4n) is 0.677. The van der Waals surface area contributed by atoms with Crippen LogP contribution in [-0.2, 0) is 4.74 Å². The lowest BCUT2D eigenvalue weighted by molar-refractivity contribution is 0.144. The third-order valence-electron chi connectivity index (χ3n) is 1.16. The summed E-state index contributed by atoms with van der Waals surface area (Å²) < 4.78 is 4.98. The largest absolute Gasteiger partial charge is 0.449 e. The fourth-order valence-corrected chi connectivity index (χ4v) is 2.36. The highest BCUT2D eigenvalue weighted by Crippen LogP contribution is 2.19. The van der Waals surface area contributed by atoms with E-state index in [1.807, 2.05) is 20.8 Å². The van der Waals surface area contributed by atoms with Crippen molar-refractivity contribution in [1.82, 2.24) is 5.32 Å². The zero-order chi connectivity index (χ0) is 11.7. The molecule has 0 spiro atoms. The molecule has 0 heterocycles. The van der Waals surface area contributed by atoms with E-state index in [1.54, 1.807) is 21.6 Å². The molecule has 0 aromatic rings. The Morgan fingerprint density at radius 3 is 2.47 bits per heavy atom. The van der Waals surface area contributed by atoms with Crippen molar-refractivity contribution in [3.63, 3.8) is 0 Å². The zero-order valence-electron chi connectivity index (χ0n) is 9.54. The van der Waals surface area contributed by atoms with E-state index < -0.39 is 0 Å². The van der Waals surface area contributed by atoms with Gasteiger partial charge >= 0.3 is 6.09 Å². The second-order valence-corrected chi connectivity index (χ2v) is 6.65. The van der Waals surface area contributed by atoms with Crippen molar-refractivity contribution in [3.8, 4) is 0 Å². The van der Waals surface area contributed by atoms with Gasteiger partial charge in [-0.3, -0.25) is 0 Å². The zero-order valence-corrected chi connectivity index (χ0v) is 11.2. The van der Waals surface area contributed by atoms with Crippen LogP contribution in [0.1, 0.15) is 20.8 Å². The number of carbonyl (C=O) groups excluding carboxylic acids is 1. The first-order chi connectivity index (χ1) is 6.95. The molecule has 0 aliphatic carbocycles. The Bertz CT molecular complexity index is 183. The summed E-state index contributed by atoms with van der Waals surface area (Å²) in [7, 11) is 3.37. The minimum atomic E-state index is -0.355. The van der Waals surface area contributed by atoms with E-state index in [0.29, 0.717) is 13.2 Å². The Balaban J connectivity index is 3.32. The molecular weight excluding hydrogens is 232 g/mol. The van der Waals surface area contributed by atoms with Crippen molar-refractivity contribution in [2.45, 2.75) is 26.3 Å². The van der Waals surface area contributed by atoms with Gasteiger partial charge in [0.25, 0.3) is 0 Å². The van der Waals surface area contributed by atoms with Crippen molar-refractivity contribution >= 4 is 27.7 Å². The van der Waals surface area contributed by atoms with E-state index in [0.717, 1.165) is 11.5 Å². The monoisotopic (exact) mass is 252 g/mol. The van der Waals surface area contributed by atoms with Crippen LogP contribution in [0.2, 0.25) is 0 Å². The smallest absolute Gasteiger partial charge is 0.407 e. The molecular formula is C9H20N2O2S2. The molecule has 4 nitrogen and oxygen atoms in total. The molecule has 1 amide bonds. The summed E-state index contributed by atoms with van der Waals surface area (Å²) in [6.45, 7) is 6.87. The van der Waals surface area contributed by atoms with E-state index in [4.69, 9.17) is 10.5 Å². The number of rotatable bonds is 6. The standard InChI is InChI=1S/C9H20N2O2S2/c1-9(2,3)11-8(12)13-5-7-15-14-6-4-10/h4-7,10H2,1-3H3,(H,11,12). The number of carbonyl (C=O) groups is 1. The maximum absolute atomic E-state index is 11.2. The van der Waals surface area contributed by atoms with Gasteiger partial charge in [0.05, 0.1) is 0 Å². The summed E-state index contributed by atoms with van der Waals surface area (Å²) in [5.74, 6) is 1.72. The Morgan fingerprint density at radius 2 is 1.93 bits per heavy atom. The van der Waals surface area contributed by atoms with Gasteiger partial charge in [0.2, 0.25) is 0 Å². The number of alkyl carbamates (subject to hydrolysis) is 1. The minimum absolute atomic E-state index is 0.238. The van der Waals surface area contributed by atoms with Gasteiger partial charge in [-0.2, -0.15) is 0 Å². The Kier molecular flexibility index (Phi) is 8.09. The van der Waals surface area contributed by atoms with Crippen LogP contribution in [-0.4, -0.2) is 36.3 Å². The van der Waals surface area contributed by atoms with Crippen LogP contribution in [0, 0.1) is 0 Å². The van der Waals surface area contributed by atoms with E-state index in [1.165, 1.54) is 0 Å². The molecule has 0 saturated heterocycles. The number of nitrogens with one attached hydrogen (secondary N) is 1. The van der Waals surface area contributed by atoms with E-state index in [-0.39, 0.29) is 11.6 Å². The maximum atomic E-state index is 11.2. The number of amides is 1. The van der Waals surface area contributed by atoms with Crippen LogP contribution in [0.3, 0.4) is 0 Å². The fraction of sp³-hybridized carbons (Fsp3) is 0.889. The highest BCUT2D eigenvalue weighted by atomic mass is 33.1. The first kappa shape index (κ1) is 14.9. The van der Waals surface area contributed by atoms with E-state index in [9.17, 15) is 4.79 Å². The van der Waals surface area contributed by atoms with Crippen molar-refractivity contribution in [2.75, 3.05) is 24.7 Å². The molecule has 0 aliphatic heterocycles. The second-order valence-electron chi connectivity index (χ2n) is 3.94. The molecule has 0 aliphatic rings. The Morgan fingerprint density at radius 1 is 1.33 bits per heavy atom. The van der Waals surface area contributed by atoms with Gasteiger partial charge in [-0.1, -0.05) is 21.6 Å². The van der Waals surface area contributed by atoms with Crippen LogP contribution >= 0.6 is 21.6 Å². The predicted octanol–water partition coefficient (Wildman–Crippen LogP) is 1.85. The van der Waals surface area contributed by atoms with Crippen molar-refractivity contribution in [3.05, 3.63) is 0 Å². The first-order valence-electron chi connectivity index (χ1n) is 4.85. The SMILES string of the molecule is CC(C)(C)NC(=O)OCCSSCCN. The Labute approximate surface area is 99.5 Å². The number of hydrogen-bond donors (Lipinski definition) is 2. The van der Waals surface area contributed by atoms with Crippen LogP contribution in [0.5, 0.6) is 0 Å². The molecule has 0 radical (unpaired) electrons. The topological polar surface area (TPSA) is 64.3 Å². The summed E-state index contributed by atoms with van der Waals surface area (Å²) in [5.41, 5.74) is 5.09. The number of nitrogens with two attached hydrogens (primary N) is 1. The number of ether oxygens (including phenoxy) is 1. The van der Waals surface area contributed by atoms with Gasteiger partial charge in [0.15, 0.2) is 0 Å². The molecule has 0 saturated carbocycles. The van der Waals surface area contributed by atoms with Crippen molar-refractivity contribution < 1.29 is 9.53 Å². The lowest BCUT2D eigenvalue weighted by Crippen LogP contribution is -2.41. The molecule has 90 valence electrons. The summed E-state index contributed by atoms with van der Waals surface area (Å²) in [5, 5.41) is 2.72. The van der Waals surface area contributed by atoms with Crippen molar-refractivity contribution in [1.29, 1.82) is 0 Å². The highest BCUT2D eigenvalue weighted by molar-refractivity contribution is 8.76. The molecule has 6 heteroatoms. The van der Waals surface area contributed by atoms with Crippen LogP contribution in [0.15, 0.2) is 0 Å². The summed E-state index contributed by atoms with van der Waals surface area (Å²) in [6, 6.07) is 0. The summed E-state index contributed by atoms with van der Waals surface area (Å²) >= 11 is 0. The molecule has 15 heavy (non-hydrogen) atoms. The van der Waals surface area contributed by atoms with E-state index >= 15 is 0 Å². The predicted molar refractivity (Wildman–Crippen MR) is 68.2 cm³/mol. The lowest BCUT2D eigenvalue weighted by atomic mass is 10.1. The second kappa shape index (κ2) is 8.13. The first-order valence-corrected chi connectivity index (χ1v) is 7.34. The highest BCUT2D eigenvalue weighted by Gasteiger charge is 2.13. The summed E-state index contributed by atoms with van der Waals surface area (Å²) in [6.07, 6.45) is -0.355. The number of hydrogen-bond acceptors (Lipinski definition) is 5. The minimum Gasteiger partial charge on any atom is -0.449 e. The third kappa shape index (κ3) is 11.9. The quantitative estimate of drug-likeness (QED) is 0.558. The Hall–Kier alpha value is -0.0700. The van der Waals surface area contributed by atoms with Gasteiger partial charge in [-0.05, 0) is 20.8 Å². The van der Waals surface area contributed by atoms with Gasteiger partial charge in [0, 0.05) is 23.6 Å². The average Bonchev–Trinajstić information content (AvgIpc) is 2.08. The molecule has 0 fully saturated rings. The molecule has 0 bridgehead atoms. The molecule has 0 aromatic heterocycles. The molecule has 3 N–H and O–H groups in total. The lowest BCUT2D eigenvalue weighted by Gasteiger charge is -2.19. The van der Waals surface area contributed by atoms with Gasteiger partial charge in [-0.15, -0.1) is 0 Å². The average molecular weight is 252 g/mol. The van der Waals surface area contributed by atoms with Gasteiger partial charge < -0.3 is 15.8 Å². The molecule has 0 rings (SSSR count). The third-order valence-corrected chi connectivity index (χ3v) is 3.56.